The van der Waals surface area contributed by atoms with Gasteiger partial charge in [0.05, 0.1) is 11.6 Å². The molecule has 0 spiro atoms. The zero-order valence-corrected chi connectivity index (χ0v) is 19.0. The van der Waals surface area contributed by atoms with Gasteiger partial charge >= 0.3 is 0 Å². The van der Waals surface area contributed by atoms with E-state index in [-0.39, 0.29) is 11.5 Å². The van der Waals surface area contributed by atoms with E-state index in [1.54, 1.807) is 0 Å². The maximum atomic E-state index is 12.5. The molecule has 0 fully saturated rings. The Kier molecular flexibility index (Phi) is 6.93. The molecule has 3 atom stereocenters. The summed E-state index contributed by atoms with van der Waals surface area (Å²) in [6.07, 6.45) is 5.57. The van der Waals surface area contributed by atoms with Gasteiger partial charge in [-0.3, -0.25) is 4.79 Å². The van der Waals surface area contributed by atoms with Crippen molar-refractivity contribution in [2.24, 2.45) is 5.92 Å². The summed E-state index contributed by atoms with van der Waals surface area (Å²) in [7, 11) is 0. The average Bonchev–Trinajstić information content (AvgIpc) is 2.71. The van der Waals surface area contributed by atoms with E-state index >= 15 is 0 Å². The molecule has 3 unspecified atom stereocenters. The van der Waals surface area contributed by atoms with E-state index < -0.39 is 18.2 Å². The molecule has 0 saturated heterocycles. The van der Waals surface area contributed by atoms with Gasteiger partial charge < -0.3 is 20.3 Å². The number of fused-ring (bicyclic) bond motifs is 2. The van der Waals surface area contributed by atoms with Crippen LogP contribution < -0.4 is 10.1 Å². The molecule has 1 aromatic carbocycles. The molecular weight excluding hydrogens is 378 g/mol. The number of phenols is 1. The Labute approximate surface area is 180 Å². The molecule has 166 valence electrons. The van der Waals surface area contributed by atoms with Crippen molar-refractivity contribution in [2.75, 3.05) is 13.2 Å². The smallest absolute Gasteiger partial charge is 0.179 e. The number of aliphatic hydroxyl groups is 1. The molecule has 0 radical (unpaired) electrons. The molecule has 0 bridgehead atoms. The maximum absolute atomic E-state index is 12.5. The van der Waals surface area contributed by atoms with Crippen LogP contribution in [0.5, 0.6) is 11.5 Å². The Morgan fingerprint density at radius 1 is 1.30 bits per heavy atom. The van der Waals surface area contributed by atoms with Crippen molar-refractivity contribution in [3.8, 4) is 11.5 Å². The summed E-state index contributed by atoms with van der Waals surface area (Å²) in [5.41, 5.74) is 2.88. The molecule has 5 heteroatoms. The molecule has 0 saturated carbocycles. The van der Waals surface area contributed by atoms with Crippen LogP contribution in [-0.4, -0.2) is 40.8 Å². The van der Waals surface area contributed by atoms with Gasteiger partial charge in [-0.1, -0.05) is 46.5 Å². The Bertz CT molecular complexity index is 827. The van der Waals surface area contributed by atoms with Crippen LogP contribution in [-0.2, 0) is 4.79 Å². The second-order valence-corrected chi connectivity index (χ2v) is 9.44. The average molecular weight is 416 g/mol. The molecule has 0 aromatic heterocycles. The van der Waals surface area contributed by atoms with Crippen molar-refractivity contribution in [2.45, 2.75) is 84.3 Å². The third kappa shape index (κ3) is 4.28. The molecule has 2 heterocycles. The van der Waals surface area contributed by atoms with Gasteiger partial charge in [0, 0.05) is 6.54 Å². The van der Waals surface area contributed by atoms with Crippen molar-refractivity contribution < 1.29 is 19.7 Å². The number of ketones is 1. The van der Waals surface area contributed by atoms with Crippen LogP contribution in [0.2, 0.25) is 0 Å². The minimum atomic E-state index is -0.622. The van der Waals surface area contributed by atoms with Crippen LogP contribution in [0.15, 0.2) is 17.7 Å². The molecule has 3 N–H and O–H groups in total. The number of benzene rings is 1. The van der Waals surface area contributed by atoms with Gasteiger partial charge in [-0.2, -0.15) is 0 Å². The number of Topliss-reactive ketones (excluding diaryl/α,β-unsaturated/α-hetero) is 1. The van der Waals surface area contributed by atoms with E-state index in [0.29, 0.717) is 29.7 Å². The van der Waals surface area contributed by atoms with E-state index in [4.69, 9.17) is 4.74 Å². The van der Waals surface area contributed by atoms with Gasteiger partial charge in [0.2, 0.25) is 0 Å². The van der Waals surface area contributed by atoms with Crippen LogP contribution in [0, 0.1) is 5.92 Å². The molecule has 0 aliphatic carbocycles. The third-order valence-electron chi connectivity index (χ3n) is 6.92. The number of nitrogens with one attached hydrogen (secondary N) is 1. The molecule has 30 heavy (non-hydrogen) atoms. The first-order valence-electron chi connectivity index (χ1n) is 11.4. The molecule has 2 aliphatic rings. The van der Waals surface area contributed by atoms with Gasteiger partial charge in [0.25, 0.3) is 0 Å². The first-order chi connectivity index (χ1) is 14.2. The van der Waals surface area contributed by atoms with Crippen molar-refractivity contribution >= 4 is 11.4 Å². The van der Waals surface area contributed by atoms with Gasteiger partial charge in [-0.05, 0) is 60.9 Å². The highest BCUT2D eigenvalue weighted by atomic mass is 16.5. The first kappa shape index (κ1) is 22.8. The summed E-state index contributed by atoms with van der Waals surface area (Å²) < 4.78 is 6.38. The summed E-state index contributed by atoms with van der Waals surface area (Å²) in [4.78, 5) is 12.5. The molecule has 0 amide bonds. The molecular formula is C25H37NO4. The van der Waals surface area contributed by atoms with Crippen molar-refractivity contribution in [3.05, 3.63) is 28.8 Å². The highest BCUT2D eigenvalue weighted by Crippen LogP contribution is 2.50. The number of hydrogen-bond acceptors (Lipinski definition) is 5. The summed E-state index contributed by atoms with van der Waals surface area (Å²) in [6.45, 7) is 10.8. The van der Waals surface area contributed by atoms with E-state index in [0.717, 1.165) is 29.6 Å². The summed E-state index contributed by atoms with van der Waals surface area (Å²) >= 11 is 0. The fourth-order valence-corrected chi connectivity index (χ4v) is 4.91. The Morgan fingerprint density at radius 2 is 2.03 bits per heavy atom. The minimum absolute atomic E-state index is 0.151. The lowest BCUT2D eigenvalue weighted by atomic mass is 9.76. The molecule has 3 rings (SSSR count). The van der Waals surface area contributed by atoms with E-state index in [2.05, 4.69) is 26.1 Å². The first-order valence-corrected chi connectivity index (χ1v) is 11.4. The van der Waals surface area contributed by atoms with E-state index in [1.807, 2.05) is 26.0 Å². The van der Waals surface area contributed by atoms with Gasteiger partial charge in [-0.25, -0.2) is 0 Å². The number of hydrogen-bond donors (Lipinski definition) is 3. The second kappa shape index (κ2) is 9.11. The van der Waals surface area contributed by atoms with Crippen LogP contribution in [0.1, 0.15) is 83.8 Å². The number of aliphatic hydroxyl groups excluding tert-OH is 1. The third-order valence-corrected chi connectivity index (χ3v) is 6.92. The Morgan fingerprint density at radius 3 is 2.70 bits per heavy atom. The summed E-state index contributed by atoms with van der Waals surface area (Å²) in [5, 5.41) is 23.8. The zero-order valence-electron chi connectivity index (χ0n) is 19.0. The predicted octanol–water partition coefficient (Wildman–Crippen LogP) is 4.56. The summed E-state index contributed by atoms with van der Waals surface area (Å²) in [5.74, 6) is 1.28. The quantitative estimate of drug-likeness (QED) is 0.543. The standard InChI is InChI=1S/C25H37NO4/c1-6-7-8-9-15(2)16(3)17-12-19(28)23-21(13-17)30-25(4,5)18-10-11-26-24(22(18)23)20(29)14-27/h12-13,15-16,24,26-28H,6-11,14H2,1-5H3. The van der Waals surface area contributed by atoms with Crippen LogP contribution in [0.25, 0.3) is 5.57 Å². The fourth-order valence-electron chi connectivity index (χ4n) is 4.91. The number of carbonyl (C=O) groups excluding carboxylic acids is 1. The maximum Gasteiger partial charge on any atom is 0.179 e. The predicted molar refractivity (Wildman–Crippen MR) is 120 cm³/mol. The van der Waals surface area contributed by atoms with Gasteiger partial charge in [-0.15, -0.1) is 0 Å². The van der Waals surface area contributed by atoms with E-state index in [1.165, 1.54) is 19.3 Å². The normalized spacial score (nSPS) is 22.0. The lowest BCUT2D eigenvalue weighted by Crippen LogP contribution is -2.48. The number of ether oxygens (including phenoxy) is 1. The number of carbonyl (C=O) groups is 1. The van der Waals surface area contributed by atoms with Crippen molar-refractivity contribution in [1.82, 2.24) is 5.32 Å². The van der Waals surface area contributed by atoms with Crippen LogP contribution >= 0.6 is 0 Å². The Hall–Kier alpha value is -1.85. The number of phenolic OH excluding ortho intramolecular Hbond substituents is 1. The monoisotopic (exact) mass is 415 g/mol. The zero-order chi connectivity index (χ0) is 22.1. The largest absolute Gasteiger partial charge is 0.507 e. The number of aromatic hydroxyl groups is 1. The molecule has 1 aromatic rings. The fraction of sp³-hybridized carbons (Fsp3) is 0.640. The van der Waals surface area contributed by atoms with Crippen molar-refractivity contribution in [1.29, 1.82) is 0 Å². The lowest BCUT2D eigenvalue weighted by Gasteiger charge is -2.42. The Balaban J connectivity index is 2.02. The topological polar surface area (TPSA) is 78.8 Å². The number of unbranched alkanes of at least 4 members (excludes halogenated alkanes) is 2. The number of rotatable bonds is 8. The highest BCUT2D eigenvalue weighted by Gasteiger charge is 2.42. The molecule has 5 nitrogen and oxygen atoms in total. The molecule has 2 aliphatic heterocycles. The minimum Gasteiger partial charge on any atom is -0.507 e. The van der Waals surface area contributed by atoms with Crippen LogP contribution in [0.4, 0.5) is 0 Å². The summed E-state index contributed by atoms with van der Waals surface area (Å²) in [6, 6.07) is 3.25. The lowest BCUT2D eigenvalue weighted by molar-refractivity contribution is -0.122. The second-order valence-electron chi connectivity index (χ2n) is 9.44. The van der Waals surface area contributed by atoms with Gasteiger partial charge in [0.1, 0.15) is 23.7 Å². The highest BCUT2D eigenvalue weighted by molar-refractivity contribution is 6.01. The van der Waals surface area contributed by atoms with E-state index in [9.17, 15) is 15.0 Å². The van der Waals surface area contributed by atoms with Crippen molar-refractivity contribution in [3.63, 3.8) is 0 Å². The SMILES string of the molecule is CCCCCC(C)C(C)c1cc(O)c2c(c1)OC(C)(C)C1=C2C(C(=O)CO)NCC1. The van der Waals surface area contributed by atoms with Gasteiger partial charge in [0.15, 0.2) is 5.78 Å². The van der Waals surface area contributed by atoms with Crippen LogP contribution in [0.3, 0.4) is 0 Å².